The van der Waals surface area contributed by atoms with Crippen molar-refractivity contribution in [3.8, 4) is 0 Å². The van der Waals surface area contributed by atoms with Crippen molar-refractivity contribution >= 4 is 5.82 Å². The second-order valence-electron chi connectivity index (χ2n) is 3.63. The van der Waals surface area contributed by atoms with Crippen molar-refractivity contribution in [1.82, 2.24) is 9.78 Å². The van der Waals surface area contributed by atoms with Gasteiger partial charge in [0.15, 0.2) is 11.6 Å². The second kappa shape index (κ2) is 2.65. The number of hydrogen-bond donors (Lipinski definition) is 1. The average molecular weight is 205 g/mol. The largest absolute Gasteiger partial charge is 0.381 e. The van der Waals surface area contributed by atoms with Gasteiger partial charge in [-0.1, -0.05) is 0 Å². The molecule has 1 aromatic rings. The fourth-order valence-electron chi connectivity index (χ4n) is 1.52. The number of aryl methyl sites for hydroxylation is 1. The van der Waals surface area contributed by atoms with Crippen LogP contribution >= 0.6 is 0 Å². The van der Waals surface area contributed by atoms with Crippen LogP contribution < -0.4 is 5.73 Å². The van der Waals surface area contributed by atoms with Crippen LogP contribution in [-0.4, -0.2) is 16.2 Å². The highest BCUT2D eigenvalue weighted by Gasteiger charge is 2.56. The molecular formula is C8H10F3N3. The van der Waals surface area contributed by atoms with Crippen molar-refractivity contribution in [2.75, 3.05) is 5.73 Å². The van der Waals surface area contributed by atoms with Crippen LogP contribution in [0.15, 0.2) is 0 Å². The van der Waals surface area contributed by atoms with Crippen molar-refractivity contribution in [3.63, 3.8) is 0 Å². The van der Waals surface area contributed by atoms with Gasteiger partial charge < -0.3 is 5.73 Å². The van der Waals surface area contributed by atoms with Gasteiger partial charge in [-0.05, 0) is 12.8 Å². The van der Waals surface area contributed by atoms with Gasteiger partial charge in [-0.25, -0.2) is 13.2 Å². The molecule has 2 rings (SSSR count). The SMILES string of the molecule is Cn1nc(C2(C(F)F)CC2)c(F)c1N. The highest BCUT2D eigenvalue weighted by molar-refractivity contribution is 5.39. The zero-order valence-electron chi connectivity index (χ0n) is 7.60. The summed E-state index contributed by atoms with van der Waals surface area (Å²) in [5.41, 5.74) is 3.74. The smallest absolute Gasteiger partial charge is 0.249 e. The van der Waals surface area contributed by atoms with E-state index in [4.69, 9.17) is 5.73 Å². The minimum atomic E-state index is -2.58. The lowest BCUT2D eigenvalue weighted by molar-refractivity contribution is 0.0978. The predicted molar refractivity (Wildman–Crippen MR) is 44.5 cm³/mol. The van der Waals surface area contributed by atoms with E-state index in [2.05, 4.69) is 5.10 Å². The summed E-state index contributed by atoms with van der Waals surface area (Å²) < 4.78 is 39.7. The van der Waals surface area contributed by atoms with E-state index in [0.717, 1.165) is 4.68 Å². The van der Waals surface area contributed by atoms with E-state index >= 15 is 0 Å². The van der Waals surface area contributed by atoms with Gasteiger partial charge in [0.2, 0.25) is 6.43 Å². The van der Waals surface area contributed by atoms with Gasteiger partial charge in [0.25, 0.3) is 0 Å². The molecule has 1 aliphatic rings. The molecule has 2 N–H and O–H groups in total. The first-order valence-corrected chi connectivity index (χ1v) is 4.25. The summed E-state index contributed by atoms with van der Waals surface area (Å²) in [7, 11) is 1.43. The number of rotatable bonds is 2. The normalized spacial score (nSPS) is 18.9. The Morgan fingerprint density at radius 2 is 2.07 bits per heavy atom. The molecule has 6 heteroatoms. The maximum absolute atomic E-state index is 13.4. The lowest BCUT2D eigenvalue weighted by Crippen LogP contribution is -2.19. The minimum absolute atomic E-state index is 0.187. The summed E-state index contributed by atoms with van der Waals surface area (Å²) >= 11 is 0. The number of nitrogens with zero attached hydrogens (tertiary/aromatic N) is 2. The molecule has 1 saturated carbocycles. The lowest BCUT2D eigenvalue weighted by atomic mass is 10.0. The third kappa shape index (κ3) is 1.03. The summed E-state index contributed by atoms with van der Waals surface area (Å²) in [5, 5.41) is 3.70. The van der Waals surface area contributed by atoms with Gasteiger partial charge in [-0.2, -0.15) is 5.10 Å². The van der Waals surface area contributed by atoms with E-state index in [9.17, 15) is 13.2 Å². The van der Waals surface area contributed by atoms with Crippen LogP contribution in [0.1, 0.15) is 18.5 Å². The molecular weight excluding hydrogens is 195 g/mol. The molecule has 14 heavy (non-hydrogen) atoms. The van der Waals surface area contributed by atoms with E-state index in [0.29, 0.717) is 0 Å². The van der Waals surface area contributed by atoms with E-state index in [1.165, 1.54) is 7.05 Å². The van der Waals surface area contributed by atoms with Crippen LogP contribution in [0.25, 0.3) is 0 Å². The first-order chi connectivity index (χ1) is 6.49. The van der Waals surface area contributed by atoms with E-state index in [-0.39, 0.29) is 24.4 Å². The van der Waals surface area contributed by atoms with Gasteiger partial charge in [-0.3, -0.25) is 4.68 Å². The van der Waals surface area contributed by atoms with Gasteiger partial charge >= 0.3 is 0 Å². The fourth-order valence-corrected chi connectivity index (χ4v) is 1.52. The van der Waals surface area contributed by atoms with Crippen LogP contribution in [0.5, 0.6) is 0 Å². The first-order valence-electron chi connectivity index (χ1n) is 4.25. The minimum Gasteiger partial charge on any atom is -0.381 e. The number of nitrogens with two attached hydrogens (primary N) is 1. The van der Waals surface area contributed by atoms with Crippen molar-refractivity contribution in [3.05, 3.63) is 11.5 Å². The third-order valence-electron chi connectivity index (χ3n) is 2.71. The zero-order chi connectivity index (χ0) is 10.5. The Labute approximate surface area is 78.7 Å². The highest BCUT2D eigenvalue weighted by Crippen LogP contribution is 2.53. The molecule has 0 atom stereocenters. The predicted octanol–water partition coefficient (Wildman–Crippen LogP) is 1.44. The van der Waals surface area contributed by atoms with Crippen molar-refractivity contribution < 1.29 is 13.2 Å². The molecule has 0 aromatic carbocycles. The van der Waals surface area contributed by atoms with Gasteiger partial charge in [0.1, 0.15) is 5.69 Å². The maximum atomic E-state index is 13.4. The standard InChI is InChI=1S/C8H10F3N3/c1-14-6(12)4(9)5(13-14)8(2-3-8)7(10)11/h7H,2-3,12H2,1H3. The molecule has 3 nitrogen and oxygen atoms in total. The number of halogens is 3. The average Bonchev–Trinajstić information content (AvgIpc) is 2.87. The molecule has 0 aliphatic heterocycles. The Balaban J connectivity index is 2.47. The molecule has 78 valence electrons. The van der Waals surface area contributed by atoms with Crippen molar-refractivity contribution in [1.29, 1.82) is 0 Å². The number of nitrogen functional groups attached to an aromatic ring is 1. The Morgan fingerprint density at radius 1 is 1.50 bits per heavy atom. The Kier molecular flexibility index (Phi) is 1.77. The van der Waals surface area contributed by atoms with Gasteiger partial charge in [0.05, 0.1) is 5.41 Å². The zero-order valence-corrected chi connectivity index (χ0v) is 7.60. The quantitative estimate of drug-likeness (QED) is 0.793. The Bertz CT molecular complexity index is 368. The topological polar surface area (TPSA) is 43.8 Å². The van der Waals surface area contributed by atoms with Crippen molar-refractivity contribution in [2.24, 2.45) is 7.05 Å². The molecule has 0 unspecified atom stereocenters. The fraction of sp³-hybridized carbons (Fsp3) is 0.625. The summed E-state index contributed by atoms with van der Waals surface area (Å²) in [4.78, 5) is 0. The Morgan fingerprint density at radius 3 is 2.36 bits per heavy atom. The third-order valence-corrected chi connectivity index (χ3v) is 2.71. The molecule has 0 radical (unpaired) electrons. The molecule has 1 heterocycles. The molecule has 0 bridgehead atoms. The summed E-state index contributed by atoms with van der Waals surface area (Å²) in [6, 6.07) is 0. The Hall–Kier alpha value is -1.20. The lowest BCUT2D eigenvalue weighted by Gasteiger charge is -2.09. The molecule has 1 fully saturated rings. The monoisotopic (exact) mass is 205 g/mol. The van der Waals surface area contributed by atoms with Crippen molar-refractivity contribution in [2.45, 2.75) is 24.7 Å². The number of hydrogen-bond acceptors (Lipinski definition) is 2. The highest BCUT2D eigenvalue weighted by atomic mass is 19.3. The number of anilines is 1. The molecule has 0 amide bonds. The molecule has 0 spiro atoms. The van der Waals surface area contributed by atoms with Crippen LogP contribution in [0.3, 0.4) is 0 Å². The van der Waals surface area contributed by atoms with Gasteiger partial charge in [-0.15, -0.1) is 0 Å². The van der Waals surface area contributed by atoms with Gasteiger partial charge in [0, 0.05) is 7.05 Å². The maximum Gasteiger partial charge on any atom is 0.249 e. The molecule has 1 aliphatic carbocycles. The molecule has 1 aromatic heterocycles. The summed E-state index contributed by atoms with van der Waals surface area (Å²) in [6.45, 7) is 0. The number of alkyl halides is 2. The van der Waals surface area contributed by atoms with Crippen LogP contribution in [-0.2, 0) is 12.5 Å². The van der Waals surface area contributed by atoms with Crippen LogP contribution in [0.2, 0.25) is 0 Å². The molecule has 0 saturated heterocycles. The van der Waals surface area contributed by atoms with E-state index < -0.39 is 17.7 Å². The first kappa shape index (κ1) is 9.36. The van der Waals surface area contributed by atoms with E-state index in [1.54, 1.807) is 0 Å². The van der Waals surface area contributed by atoms with Crippen LogP contribution in [0.4, 0.5) is 19.0 Å². The summed E-state index contributed by atoms with van der Waals surface area (Å²) in [5.74, 6) is -0.989. The summed E-state index contributed by atoms with van der Waals surface area (Å²) in [6.07, 6.45) is -2.03. The van der Waals surface area contributed by atoms with E-state index in [1.807, 2.05) is 0 Å². The second-order valence-corrected chi connectivity index (χ2v) is 3.63. The van der Waals surface area contributed by atoms with Crippen LogP contribution in [0, 0.1) is 5.82 Å². The number of aromatic nitrogens is 2.